The third-order valence-corrected chi connectivity index (χ3v) is 3.14. The summed E-state index contributed by atoms with van der Waals surface area (Å²) in [5.74, 6) is 0.334. The molecule has 0 bridgehead atoms. The van der Waals surface area contributed by atoms with Gasteiger partial charge in [-0.25, -0.2) is 0 Å². The first-order valence-electron chi connectivity index (χ1n) is 7.06. The summed E-state index contributed by atoms with van der Waals surface area (Å²) in [4.78, 5) is 23.1. The van der Waals surface area contributed by atoms with Gasteiger partial charge in [0.05, 0.1) is 0 Å². The van der Waals surface area contributed by atoms with Gasteiger partial charge in [0.2, 0.25) is 0 Å². The maximum atomic E-state index is 11.9. The van der Waals surface area contributed by atoms with Gasteiger partial charge in [-0.1, -0.05) is 6.07 Å². The number of aryl methyl sites for hydroxylation is 2. The first kappa shape index (κ1) is 15.8. The number of benzene rings is 2. The highest BCUT2D eigenvalue weighted by Gasteiger charge is 2.05. The lowest BCUT2D eigenvalue weighted by atomic mass is 10.1. The summed E-state index contributed by atoms with van der Waals surface area (Å²) in [6, 6.07) is 12.6. The Morgan fingerprint density at radius 3 is 2.14 bits per heavy atom. The largest absolute Gasteiger partial charge is 0.484 e. The van der Waals surface area contributed by atoms with E-state index in [0.717, 1.165) is 16.8 Å². The smallest absolute Gasteiger partial charge is 0.262 e. The van der Waals surface area contributed by atoms with E-state index >= 15 is 0 Å². The molecule has 0 fully saturated rings. The number of hydrogen-bond acceptors (Lipinski definition) is 3. The van der Waals surface area contributed by atoms with Crippen molar-refractivity contribution in [1.82, 2.24) is 0 Å². The highest BCUT2D eigenvalue weighted by molar-refractivity contribution is 5.94. The zero-order chi connectivity index (χ0) is 16.1. The van der Waals surface area contributed by atoms with Crippen LogP contribution in [0.25, 0.3) is 0 Å². The third kappa shape index (κ3) is 4.45. The van der Waals surface area contributed by atoms with Crippen molar-refractivity contribution in [3.63, 3.8) is 0 Å². The molecule has 0 heterocycles. The SMILES string of the molecule is CC(=O)c1ccc(OCC(=O)Nc2cc(C)cc(C)c2)cc1. The number of Topliss-reactive ketones (excluding diaryl/α,β-unsaturated/α-hetero) is 1. The molecule has 2 aromatic rings. The molecule has 114 valence electrons. The number of carbonyl (C=O) groups excluding carboxylic acids is 2. The van der Waals surface area contributed by atoms with E-state index in [4.69, 9.17) is 4.74 Å². The minimum Gasteiger partial charge on any atom is -0.484 e. The van der Waals surface area contributed by atoms with Gasteiger partial charge >= 0.3 is 0 Å². The molecule has 0 atom stereocenters. The zero-order valence-electron chi connectivity index (χ0n) is 13.0. The molecular formula is C18H19NO3. The summed E-state index contributed by atoms with van der Waals surface area (Å²) in [5, 5.41) is 2.81. The van der Waals surface area contributed by atoms with Gasteiger partial charge in [0.25, 0.3) is 5.91 Å². The van der Waals surface area contributed by atoms with Gasteiger partial charge in [0.1, 0.15) is 5.75 Å². The molecule has 4 nitrogen and oxygen atoms in total. The molecule has 0 saturated heterocycles. The van der Waals surface area contributed by atoms with Crippen LogP contribution in [0.3, 0.4) is 0 Å². The maximum absolute atomic E-state index is 11.9. The number of anilines is 1. The van der Waals surface area contributed by atoms with Crippen molar-refractivity contribution in [2.24, 2.45) is 0 Å². The summed E-state index contributed by atoms with van der Waals surface area (Å²) < 4.78 is 5.41. The number of nitrogens with one attached hydrogen (secondary N) is 1. The van der Waals surface area contributed by atoms with Crippen molar-refractivity contribution >= 4 is 17.4 Å². The van der Waals surface area contributed by atoms with Crippen LogP contribution in [-0.2, 0) is 4.79 Å². The highest BCUT2D eigenvalue weighted by atomic mass is 16.5. The van der Waals surface area contributed by atoms with Crippen LogP contribution >= 0.6 is 0 Å². The molecule has 0 spiro atoms. The van der Waals surface area contributed by atoms with Gasteiger partial charge < -0.3 is 10.1 Å². The fourth-order valence-electron chi connectivity index (χ4n) is 2.18. The van der Waals surface area contributed by atoms with E-state index in [2.05, 4.69) is 5.32 Å². The van der Waals surface area contributed by atoms with Crippen molar-refractivity contribution in [2.45, 2.75) is 20.8 Å². The number of amides is 1. The van der Waals surface area contributed by atoms with Crippen molar-refractivity contribution < 1.29 is 14.3 Å². The second-order valence-corrected chi connectivity index (χ2v) is 5.29. The predicted molar refractivity (Wildman–Crippen MR) is 86.5 cm³/mol. The van der Waals surface area contributed by atoms with Crippen LogP contribution in [-0.4, -0.2) is 18.3 Å². The predicted octanol–water partition coefficient (Wildman–Crippen LogP) is 3.52. The average molecular weight is 297 g/mol. The molecule has 2 rings (SSSR count). The summed E-state index contributed by atoms with van der Waals surface area (Å²) >= 11 is 0. The van der Waals surface area contributed by atoms with Crippen LogP contribution in [0.4, 0.5) is 5.69 Å². The Morgan fingerprint density at radius 1 is 1.00 bits per heavy atom. The standard InChI is InChI=1S/C18H19NO3/c1-12-8-13(2)10-16(9-12)19-18(21)11-22-17-6-4-15(5-7-17)14(3)20/h4-10H,11H2,1-3H3,(H,19,21). The Balaban J connectivity index is 1.91. The molecular weight excluding hydrogens is 278 g/mol. The van der Waals surface area contributed by atoms with E-state index in [0.29, 0.717) is 11.3 Å². The Hall–Kier alpha value is -2.62. The van der Waals surface area contributed by atoms with Crippen molar-refractivity contribution in [1.29, 1.82) is 0 Å². The number of ether oxygens (including phenoxy) is 1. The Morgan fingerprint density at radius 2 is 1.59 bits per heavy atom. The quantitative estimate of drug-likeness (QED) is 0.859. The van der Waals surface area contributed by atoms with Crippen LogP contribution in [0.2, 0.25) is 0 Å². The van der Waals surface area contributed by atoms with E-state index in [1.54, 1.807) is 24.3 Å². The van der Waals surface area contributed by atoms with Crippen molar-refractivity contribution in [2.75, 3.05) is 11.9 Å². The van der Waals surface area contributed by atoms with Crippen molar-refractivity contribution in [3.8, 4) is 5.75 Å². The normalized spacial score (nSPS) is 10.1. The van der Waals surface area contributed by atoms with E-state index in [1.165, 1.54) is 6.92 Å². The molecule has 2 aromatic carbocycles. The fraction of sp³-hybridized carbons (Fsp3) is 0.222. The molecule has 0 aromatic heterocycles. The van der Waals surface area contributed by atoms with E-state index in [1.807, 2.05) is 32.0 Å². The lowest BCUT2D eigenvalue weighted by Crippen LogP contribution is -2.20. The average Bonchev–Trinajstić information content (AvgIpc) is 2.44. The fourth-order valence-corrected chi connectivity index (χ4v) is 2.18. The topological polar surface area (TPSA) is 55.4 Å². The highest BCUT2D eigenvalue weighted by Crippen LogP contribution is 2.15. The third-order valence-electron chi connectivity index (χ3n) is 3.14. The van der Waals surface area contributed by atoms with Crippen LogP contribution in [0.1, 0.15) is 28.4 Å². The number of rotatable bonds is 5. The molecule has 0 aliphatic carbocycles. The Bertz CT molecular complexity index is 670. The second-order valence-electron chi connectivity index (χ2n) is 5.29. The monoisotopic (exact) mass is 297 g/mol. The number of carbonyl (C=O) groups is 2. The molecule has 0 unspecified atom stereocenters. The van der Waals surface area contributed by atoms with Crippen molar-refractivity contribution in [3.05, 3.63) is 59.2 Å². The minimum absolute atomic E-state index is 0.000824. The van der Waals surface area contributed by atoms with Gasteiger partial charge in [-0.3, -0.25) is 9.59 Å². The van der Waals surface area contributed by atoms with E-state index < -0.39 is 0 Å². The van der Waals surface area contributed by atoms with Crippen LogP contribution < -0.4 is 10.1 Å². The maximum Gasteiger partial charge on any atom is 0.262 e. The first-order valence-corrected chi connectivity index (χ1v) is 7.06. The molecule has 0 saturated carbocycles. The van der Waals surface area contributed by atoms with Gasteiger partial charge in [0, 0.05) is 11.3 Å². The lowest BCUT2D eigenvalue weighted by Gasteiger charge is -2.09. The Labute approximate surface area is 130 Å². The minimum atomic E-state index is -0.222. The summed E-state index contributed by atoms with van der Waals surface area (Å²) in [6.45, 7) is 5.39. The number of hydrogen-bond donors (Lipinski definition) is 1. The number of ketones is 1. The molecule has 4 heteroatoms. The van der Waals surface area contributed by atoms with Gasteiger partial charge in [-0.15, -0.1) is 0 Å². The van der Waals surface area contributed by atoms with E-state index in [-0.39, 0.29) is 18.3 Å². The summed E-state index contributed by atoms with van der Waals surface area (Å²) in [6.07, 6.45) is 0. The summed E-state index contributed by atoms with van der Waals surface area (Å²) in [5.41, 5.74) is 3.57. The molecule has 22 heavy (non-hydrogen) atoms. The second kappa shape index (κ2) is 6.89. The molecule has 1 amide bonds. The molecule has 1 N–H and O–H groups in total. The van der Waals surface area contributed by atoms with Gasteiger partial charge in [-0.2, -0.15) is 0 Å². The molecule has 0 aliphatic heterocycles. The molecule has 0 radical (unpaired) electrons. The van der Waals surface area contributed by atoms with E-state index in [9.17, 15) is 9.59 Å². The summed E-state index contributed by atoms with van der Waals surface area (Å²) in [7, 11) is 0. The first-order chi connectivity index (χ1) is 10.4. The lowest BCUT2D eigenvalue weighted by molar-refractivity contribution is -0.118. The van der Waals surface area contributed by atoms with Gasteiger partial charge in [0.15, 0.2) is 12.4 Å². The van der Waals surface area contributed by atoms with Crippen LogP contribution in [0.15, 0.2) is 42.5 Å². The van der Waals surface area contributed by atoms with Gasteiger partial charge in [-0.05, 0) is 68.3 Å². The Kier molecular flexibility index (Phi) is 4.94. The van der Waals surface area contributed by atoms with Crippen LogP contribution in [0, 0.1) is 13.8 Å². The van der Waals surface area contributed by atoms with Crippen LogP contribution in [0.5, 0.6) is 5.75 Å². The molecule has 0 aliphatic rings. The zero-order valence-corrected chi connectivity index (χ0v) is 13.0.